The van der Waals surface area contributed by atoms with E-state index < -0.39 is 0 Å². The number of benzene rings is 1. The number of aryl methyl sites for hydroxylation is 1. The first-order valence-corrected chi connectivity index (χ1v) is 6.68. The van der Waals surface area contributed by atoms with Crippen LogP contribution in [-0.4, -0.2) is 17.5 Å². The number of aromatic nitrogens is 1. The van der Waals surface area contributed by atoms with Gasteiger partial charge in [-0.15, -0.1) is 11.3 Å². The number of anilines is 1. The molecule has 2 aromatic rings. The number of para-hydroxylation sites is 2. The quantitative estimate of drug-likeness (QED) is 0.816. The maximum atomic E-state index is 11.6. The topological polar surface area (TPSA) is 77.2 Å². The number of nitrogens with one attached hydrogen (secondary N) is 1. The molecule has 1 amide bonds. The molecular formula is C13H15N3O2S. The van der Waals surface area contributed by atoms with Crippen LogP contribution in [0.5, 0.6) is 5.75 Å². The summed E-state index contributed by atoms with van der Waals surface area (Å²) in [7, 11) is 0. The maximum Gasteiger partial charge on any atom is 0.258 e. The van der Waals surface area contributed by atoms with Gasteiger partial charge >= 0.3 is 0 Å². The Balaban J connectivity index is 1.77. The molecule has 5 nitrogen and oxygen atoms in total. The molecule has 0 bridgehead atoms. The summed E-state index contributed by atoms with van der Waals surface area (Å²) in [5, 5.41) is 5.57. The van der Waals surface area contributed by atoms with Crippen LogP contribution in [-0.2, 0) is 11.3 Å². The number of nitrogen functional groups attached to an aromatic ring is 1. The Morgan fingerprint density at radius 1 is 1.47 bits per heavy atom. The average molecular weight is 277 g/mol. The molecule has 19 heavy (non-hydrogen) atoms. The Morgan fingerprint density at radius 3 is 2.95 bits per heavy atom. The number of ether oxygens (including phenoxy) is 1. The summed E-state index contributed by atoms with van der Waals surface area (Å²) < 4.78 is 5.34. The van der Waals surface area contributed by atoms with E-state index in [1.807, 2.05) is 24.4 Å². The van der Waals surface area contributed by atoms with Crippen molar-refractivity contribution >= 4 is 22.9 Å². The lowest BCUT2D eigenvalue weighted by molar-refractivity contribution is -0.123. The highest BCUT2D eigenvalue weighted by Crippen LogP contribution is 2.19. The largest absolute Gasteiger partial charge is 0.482 e. The zero-order valence-corrected chi connectivity index (χ0v) is 11.4. The van der Waals surface area contributed by atoms with Gasteiger partial charge < -0.3 is 15.8 Å². The van der Waals surface area contributed by atoms with Crippen molar-refractivity contribution in [1.29, 1.82) is 0 Å². The van der Waals surface area contributed by atoms with Gasteiger partial charge in [0.05, 0.1) is 12.2 Å². The number of hydrogen-bond acceptors (Lipinski definition) is 5. The Bertz CT molecular complexity index is 569. The summed E-state index contributed by atoms with van der Waals surface area (Å²) in [6.45, 7) is 2.28. The summed E-state index contributed by atoms with van der Waals surface area (Å²) >= 11 is 1.52. The van der Waals surface area contributed by atoms with E-state index in [-0.39, 0.29) is 12.5 Å². The van der Waals surface area contributed by atoms with Crippen LogP contribution in [0.3, 0.4) is 0 Å². The molecule has 0 saturated carbocycles. The fourth-order valence-corrected chi connectivity index (χ4v) is 2.18. The number of hydrogen-bond donors (Lipinski definition) is 2. The molecule has 0 atom stereocenters. The monoisotopic (exact) mass is 277 g/mol. The lowest BCUT2D eigenvalue weighted by Crippen LogP contribution is -2.28. The SMILES string of the molecule is Cc1csc(CNC(=O)COc2ccccc2N)n1. The van der Waals surface area contributed by atoms with Crippen molar-refractivity contribution in [2.24, 2.45) is 0 Å². The Hall–Kier alpha value is -2.08. The second kappa shape index (κ2) is 6.19. The molecule has 2 rings (SSSR count). The molecule has 1 heterocycles. The van der Waals surface area contributed by atoms with Crippen LogP contribution in [0.15, 0.2) is 29.6 Å². The molecule has 0 aliphatic rings. The lowest BCUT2D eigenvalue weighted by Gasteiger charge is -2.08. The van der Waals surface area contributed by atoms with Gasteiger partial charge in [0.15, 0.2) is 6.61 Å². The minimum absolute atomic E-state index is 0.0570. The predicted octanol–water partition coefficient (Wildman–Crippen LogP) is 1.73. The molecule has 0 aliphatic heterocycles. The van der Waals surface area contributed by atoms with Crippen LogP contribution in [0.4, 0.5) is 5.69 Å². The van der Waals surface area contributed by atoms with Crippen molar-refractivity contribution in [3.63, 3.8) is 0 Å². The molecular weight excluding hydrogens is 262 g/mol. The summed E-state index contributed by atoms with van der Waals surface area (Å²) in [6.07, 6.45) is 0. The van der Waals surface area contributed by atoms with Gasteiger partial charge in [-0.2, -0.15) is 0 Å². The molecule has 1 aromatic carbocycles. The van der Waals surface area contributed by atoms with Gasteiger partial charge in [-0.25, -0.2) is 4.98 Å². The summed E-state index contributed by atoms with van der Waals surface area (Å²) in [4.78, 5) is 15.9. The minimum Gasteiger partial charge on any atom is -0.482 e. The fraction of sp³-hybridized carbons (Fsp3) is 0.231. The van der Waals surface area contributed by atoms with E-state index >= 15 is 0 Å². The molecule has 1 aromatic heterocycles. The third kappa shape index (κ3) is 3.96. The first-order chi connectivity index (χ1) is 9.15. The zero-order chi connectivity index (χ0) is 13.7. The first kappa shape index (κ1) is 13.4. The number of nitrogens with zero attached hydrogens (tertiary/aromatic N) is 1. The second-order valence-corrected chi connectivity index (χ2v) is 4.93. The number of carbonyl (C=O) groups is 1. The number of carbonyl (C=O) groups excluding carboxylic acids is 1. The summed E-state index contributed by atoms with van der Waals surface area (Å²) in [6, 6.07) is 7.08. The average Bonchev–Trinajstić information content (AvgIpc) is 2.81. The van der Waals surface area contributed by atoms with Crippen molar-refractivity contribution < 1.29 is 9.53 Å². The number of nitrogens with two attached hydrogens (primary N) is 1. The van der Waals surface area contributed by atoms with Crippen molar-refractivity contribution in [3.05, 3.63) is 40.3 Å². The number of rotatable bonds is 5. The molecule has 0 spiro atoms. The van der Waals surface area contributed by atoms with Gasteiger partial charge in [-0.05, 0) is 19.1 Å². The molecule has 0 saturated heterocycles. The van der Waals surface area contributed by atoms with E-state index in [2.05, 4.69) is 10.3 Å². The Morgan fingerprint density at radius 2 is 2.26 bits per heavy atom. The van der Waals surface area contributed by atoms with Crippen LogP contribution < -0.4 is 15.8 Å². The summed E-state index contributed by atoms with van der Waals surface area (Å²) in [5.41, 5.74) is 7.19. The Kier molecular flexibility index (Phi) is 4.35. The van der Waals surface area contributed by atoms with Crippen molar-refractivity contribution in [1.82, 2.24) is 10.3 Å². The Labute approximate surface area is 115 Å². The molecule has 3 N–H and O–H groups in total. The highest BCUT2D eigenvalue weighted by Gasteiger charge is 2.06. The van der Waals surface area contributed by atoms with Crippen LogP contribution in [0, 0.1) is 6.92 Å². The van der Waals surface area contributed by atoms with E-state index in [1.165, 1.54) is 11.3 Å². The molecule has 100 valence electrons. The second-order valence-electron chi connectivity index (χ2n) is 3.99. The molecule has 0 unspecified atom stereocenters. The third-order valence-electron chi connectivity index (χ3n) is 2.38. The van der Waals surface area contributed by atoms with Crippen LogP contribution in [0.2, 0.25) is 0 Å². The molecule has 0 radical (unpaired) electrons. The van der Waals surface area contributed by atoms with Crippen LogP contribution in [0.1, 0.15) is 10.7 Å². The van der Waals surface area contributed by atoms with Gasteiger partial charge in [0.1, 0.15) is 10.8 Å². The normalized spacial score (nSPS) is 10.2. The van der Waals surface area contributed by atoms with Crippen molar-refractivity contribution in [2.75, 3.05) is 12.3 Å². The minimum atomic E-state index is -0.198. The van der Waals surface area contributed by atoms with Crippen LogP contribution in [0.25, 0.3) is 0 Å². The zero-order valence-electron chi connectivity index (χ0n) is 10.6. The van der Waals surface area contributed by atoms with E-state index in [0.29, 0.717) is 18.0 Å². The molecule has 6 heteroatoms. The van der Waals surface area contributed by atoms with E-state index in [0.717, 1.165) is 10.7 Å². The van der Waals surface area contributed by atoms with Gasteiger partial charge in [0, 0.05) is 11.1 Å². The number of amides is 1. The van der Waals surface area contributed by atoms with Gasteiger partial charge in [0.25, 0.3) is 5.91 Å². The van der Waals surface area contributed by atoms with Gasteiger partial charge in [-0.1, -0.05) is 12.1 Å². The van der Waals surface area contributed by atoms with Gasteiger partial charge in [-0.3, -0.25) is 4.79 Å². The standard InChI is InChI=1S/C13H15N3O2S/c1-9-8-19-13(16-9)6-15-12(17)7-18-11-5-3-2-4-10(11)14/h2-5,8H,6-7,14H2,1H3,(H,15,17). The van der Waals surface area contributed by atoms with Crippen molar-refractivity contribution in [2.45, 2.75) is 13.5 Å². The van der Waals surface area contributed by atoms with Gasteiger partial charge in [0.2, 0.25) is 0 Å². The lowest BCUT2D eigenvalue weighted by atomic mass is 10.3. The van der Waals surface area contributed by atoms with Crippen molar-refractivity contribution in [3.8, 4) is 5.75 Å². The highest BCUT2D eigenvalue weighted by molar-refractivity contribution is 7.09. The van der Waals surface area contributed by atoms with Crippen LogP contribution >= 0.6 is 11.3 Å². The smallest absolute Gasteiger partial charge is 0.258 e. The summed E-state index contributed by atoms with van der Waals surface area (Å²) in [5.74, 6) is 0.318. The van der Waals surface area contributed by atoms with E-state index in [9.17, 15) is 4.79 Å². The third-order valence-corrected chi connectivity index (χ3v) is 3.35. The molecule has 0 fully saturated rings. The predicted molar refractivity (Wildman–Crippen MR) is 75.0 cm³/mol. The highest BCUT2D eigenvalue weighted by atomic mass is 32.1. The fourth-order valence-electron chi connectivity index (χ4n) is 1.46. The van der Waals surface area contributed by atoms with E-state index in [4.69, 9.17) is 10.5 Å². The molecule has 0 aliphatic carbocycles. The maximum absolute atomic E-state index is 11.6. The number of thiazole rings is 1. The first-order valence-electron chi connectivity index (χ1n) is 5.80. The van der Waals surface area contributed by atoms with E-state index in [1.54, 1.807) is 12.1 Å².